The molecule has 0 radical (unpaired) electrons. The van der Waals surface area contributed by atoms with Crippen LogP contribution < -0.4 is 10.6 Å². The smallest absolute Gasteiger partial charge is 0.240 e. The van der Waals surface area contributed by atoms with E-state index in [4.69, 9.17) is 10.5 Å². The molecule has 3 aromatic rings. The number of carbonyl (C=O) groups excluding carboxylic acids is 1. The molecule has 3 heterocycles. The van der Waals surface area contributed by atoms with Gasteiger partial charge in [0.05, 0.1) is 23.4 Å². The van der Waals surface area contributed by atoms with E-state index in [9.17, 15) is 4.79 Å². The Kier molecular flexibility index (Phi) is 3.81. The van der Waals surface area contributed by atoms with E-state index in [1.165, 1.54) is 6.33 Å². The van der Waals surface area contributed by atoms with Crippen LogP contribution in [0.4, 0.5) is 5.82 Å². The summed E-state index contributed by atoms with van der Waals surface area (Å²) in [5, 5.41) is 5.22. The molecule has 1 aromatic carbocycles. The number of nitrogens with zero attached hydrogens (tertiary/aromatic N) is 5. The molecule has 1 amide bonds. The number of anilines is 1. The fourth-order valence-electron chi connectivity index (χ4n) is 3.29. The molecule has 128 valence electrons. The molecule has 1 saturated heterocycles. The molecule has 0 bridgehead atoms. The number of hydrogen-bond acceptors (Lipinski definition) is 6. The van der Waals surface area contributed by atoms with Crippen LogP contribution in [0.3, 0.4) is 0 Å². The third-order valence-corrected chi connectivity index (χ3v) is 4.54. The summed E-state index contributed by atoms with van der Waals surface area (Å²) < 4.78 is 7.17. The number of methoxy groups -OCH3 is 1. The van der Waals surface area contributed by atoms with Gasteiger partial charge < -0.3 is 15.4 Å². The van der Waals surface area contributed by atoms with E-state index >= 15 is 0 Å². The first-order valence-corrected chi connectivity index (χ1v) is 8.02. The molecule has 1 aliphatic rings. The highest BCUT2D eigenvalue weighted by molar-refractivity contribution is 5.92. The number of nitrogens with two attached hydrogens (primary N) is 1. The molecule has 2 atom stereocenters. The lowest BCUT2D eigenvalue weighted by Crippen LogP contribution is -2.40. The van der Waals surface area contributed by atoms with Gasteiger partial charge in [-0.25, -0.2) is 14.6 Å². The van der Waals surface area contributed by atoms with Gasteiger partial charge in [-0.15, -0.1) is 0 Å². The van der Waals surface area contributed by atoms with Crippen LogP contribution in [0.1, 0.15) is 6.42 Å². The van der Waals surface area contributed by atoms with E-state index in [0.717, 1.165) is 11.1 Å². The van der Waals surface area contributed by atoms with Gasteiger partial charge in [0.15, 0.2) is 5.65 Å². The van der Waals surface area contributed by atoms with Crippen LogP contribution in [-0.2, 0) is 9.53 Å². The number of amides is 1. The Morgan fingerprint density at radius 2 is 2.08 bits per heavy atom. The maximum absolute atomic E-state index is 11.9. The van der Waals surface area contributed by atoms with Crippen LogP contribution in [0, 0.1) is 0 Å². The predicted octanol–water partition coefficient (Wildman–Crippen LogP) is 0.894. The lowest BCUT2D eigenvalue weighted by Gasteiger charge is -2.23. The van der Waals surface area contributed by atoms with Crippen LogP contribution in [0.25, 0.3) is 16.7 Å². The van der Waals surface area contributed by atoms with Crippen molar-refractivity contribution in [2.24, 2.45) is 5.73 Å². The molecule has 1 fully saturated rings. The summed E-state index contributed by atoms with van der Waals surface area (Å²) in [7, 11) is 1.63. The summed E-state index contributed by atoms with van der Waals surface area (Å²) in [6.45, 7) is 0.548. The number of aromatic nitrogens is 4. The summed E-state index contributed by atoms with van der Waals surface area (Å²) >= 11 is 0. The predicted molar refractivity (Wildman–Crippen MR) is 92.4 cm³/mol. The van der Waals surface area contributed by atoms with Crippen molar-refractivity contribution in [3.8, 4) is 5.69 Å². The highest BCUT2D eigenvalue weighted by atomic mass is 16.5. The van der Waals surface area contributed by atoms with Crippen molar-refractivity contribution in [2.45, 2.75) is 18.6 Å². The Balaban J connectivity index is 1.81. The molecule has 25 heavy (non-hydrogen) atoms. The second kappa shape index (κ2) is 6.14. The summed E-state index contributed by atoms with van der Waals surface area (Å²) in [4.78, 5) is 22.5. The van der Waals surface area contributed by atoms with Crippen molar-refractivity contribution < 1.29 is 9.53 Å². The number of ether oxygens (including phenoxy) is 1. The number of fused-ring (bicyclic) bond motifs is 1. The molecule has 0 spiro atoms. The molecule has 2 N–H and O–H groups in total. The van der Waals surface area contributed by atoms with Crippen molar-refractivity contribution >= 4 is 22.8 Å². The van der Waals surface area contributed by atoms with E-state index in [-0.39, 0.29) is 12.0 Å². The Labute approximate surface area is 144 Å². The van der Waals surface area contributed by atoms with Crippen molar-refractivity contribution in [3.63, 3.8) is 0 Å². The van der Waals surface area contributed by atoms with Crippen LogP contribution in [-0.4, -0.2) is 51.5 Å². The maximum Gasteiger partial charge on any atom is 0.240 e. The molecule has 8 nitrogen and oxygen atoms in total. The minimum atomic E-state index is -0.455. The highest BCUT2D eigenvalue weighted by Gasteiger charge is 2.37. The second-order valence-electron chi connectivity index (χ2n) is 5.99. The molecule has 0 saturated carbocycles. The van der Waals surface area contributed by atoms with Gasteiger partial charge >= 0.3 is 0 Å². The molecular formula is C17H18N6O2. The SMILES string of the molecule is CO[C@H]1C[C@@H](C(N)=O)N(c2ncnc3c2cnn3-c2ccccc2)C1. The summed E-state index contributed by atoms with van der Waals surface area (Å²) in [6, 6.07) is 9.29. The van der Waals surface area contributed by atoms with E-state index < -0.39 is 6.04 Å². The molecule has 1 aliphatic heterocycles. The van der Waals surface area contributed by atoms with Crippen LogP contribution in [0.5, 0.6) is 0 Å². The van der Waals surface area contributed by atoms with Gasteiger partial charge in [0.2, 0.25) is 5.91 Å². The number of para-hydroxylation sites is 1. The van der Waals surface area contributed by atoms with Crippen LogP contribution in [0.15, 0.2) is 42.9 Å². The van der Waals surface area contributed by atoms with E-state index in [0.29, 0.717) is 24.4 Å². The Hall–Kier alpha value is -3.00. The fraction of sp³-hybridized carbons (Fsp3) is 0.294. The molecule has 2 aromatic heterocycles. The summed E-state index contributed by atoms with van der Waals surface area (Å²) in [5.74, 6) is 0.261. The summed E-state index contributed by atoms with van der Waals surface area (Å²) in [6.07, 6.45) is 3.68. The van der Waals surface area contributed by atoms with Crippen molar-refractivity contribution in [2.75, 3.05) is 18.6 Å². The topological polar surface area (TPSA) is 99.2 Å². The third kappa shape index (κ3) is 2.60. The second-order valence-corrected chi connectivity index (χ2v) is 5.99. The maximum atomic E-state index is 11.9. The lowest BCUT2D eigenvalue weighted by molar-refractivity contribution is -0.119. The van der Waals surface area contributed by atoms with Crippen LogP contribution in [0.2, 0.25) is 0 Å². The number of primary amides is 1. The van der Waals surface area contributed by atoms with E-state index in [1.54, 1.807) is 18.0 Å². The first kappa shape index (κ1) is 15.5. The Morgan fingerprint density at radius 3 is 2.80 bits per heavy atom. The molecule has 0 unspecified atom stereocenters. The zero-order valence-electron chi connectivity index (χ0n) is 13.7. The van der Waals surface area contributed by atoms with Crippen molar-refractivity contribution in [3.05, 3.63) is 42.9 Å². The molecule has 4 rings (SSSR count). The quantitative estimate of drug-likeness (QED) is 0.758. The number of carbonyl (C=O) groups is 1. The third-order valence-electron chi connectivity index (χ3n) is 4.54. The highest BCUT2D eigenvalue weighted by Crippen LogP contribution is 2.31. The minimum Gasteiger partial charge on any atom is -0.380 e. The van der Waals surface area contributed by atoms with Crippen molar-refractivity contribution in [1.82, 2.24) is 19.7 Å². The molecular weight excluding hydrogens is 320 g/mol. The minimum absolute atomic E-state index is 0.0633. The normalized spacial score (nSPS) is 20.3. The number of benzene rings is 1. The Morgan fingerprint density at radius 1 is 1.28 bits per heavy atom. The summed E-state index contributed by atoms with van der Waals surface area (Å²) in [5.41, 5.74) is 7.17. The van der Waals surface area contributed by atoms with Gasteiger partial charge in [-0.3, -0.25) is 4.79 Å². The standard InChI is InChI=1S/C17H18N6O2/c1-25-12-7-14(15(18)24)22(9-12)16-13-8-21-23(17(13)20-10-19-16)11-5-3-2-4-6-11/h2-6,8,10,12,14H,7,9H2,1H3,(H2,18,24)/t12-,14-/m0/s1. The largest absolute Gasteiger partial charge is 0.380 e. The average Bonchev–Trinajstić information content (AvgIpc) is 3.26. The van der Waals surface area contributed by atoms with Gasteiger partial charge in [0, 0.05) is 20.1 Å². The van der Waals surface area contributed by atoms with Crippen LogP contribution >= 0.6 is 0 Å². The molecule has 8 heteroatoms. The van der Waals surface area contributed by atoms with E-state index in [1.807, 2.05) is 35.2 Å². The van der Waals surface area contributed by atoms with Gasteiger partial charge in [0.25, 0.3) is 0 Å². The zero-order valence-corrected chi connectivity index (χ0v) is 13.7. The first-order chi connectivity index (χ1) is 12.2. The van der Waals surface area contributed by atoms with Gasteiger partial charge in [-0.05, 0) is 12.1 Å². The van der Waals surface area contributed by atoms with Gasteiger partial charge in [0.1, 0.15) is 18.2 Å². The number of hydrogen-bond donors (Lipinski definition) is 1. The van der Waals surface area contributed by atoms with Crippen molar-refractivity contribution in [1.29, 1.82) is 0 Å². The number of rotatable bonds is 4. The average molecular weight is 338 g/mol. The van der Waals surface area contributed by atoms with Gasteiger partial charge in [-0.2, -0.15) is 5.10 Å². The van der Waals surface area contributed by atoms with Gasteiger partial charge in [-0.1, -0.05) is 18.2 Å². The monoisotopic (exact) mass is 338 g/mol. The zero-order chi connectivity index (χ0) is 17.4. The fourth-order valence-corrected chi connectivity index (χ4v) is 3.29. The Bertz CT molecular complexity index is 910. The first-order valence-electron chi connectivity index (χ1n) is 8.02. The molecule has 0 aliphatic carbocycles. The lowest BCUT2D eigenvalue weighted by atomic mass is 10.2. The van der Waals surface area contributed by atoms with E-state index in [2.05, 4.69) is 15.1 Å².